The van der Waals surface area contributed by atoms with Gasteiger partial charge in [0.2, 0.25) is 5.91 Å². The van der Waals surface area contributed by atoms with Crippen molar-refractivity contribution < 1.29 is 14.0 Å². The molecule has 0 aromatic heterocycles. The second-order valence-corrected chi connectivity index (χ2v) is 7.70. The first-order valence-corrected chi connectivity index (χ1v) is 9.83. The maximum Gasteiger partial charge on any atom is 0.319 e. The highest BCUT2D eigenvalue weighted by Gasteiger charge is 2.29. The molecule has 2 fully saturated rings. The highest BCUT2D eigenvalue weighted by atomic mass is 35.5. The minimum absolute atomic E-state index is 0. The number of rotatable bonds is 5. The SMILES string of the molecule is CC(CC(=O)N1CCC(NC(=O)Nc2ccc(F)cc2)C1)C1CCNCC1.Cl. The quantitative estimate of drug-likeness (QED) is 0.696. The van der Waals surface area contributed by atoms with Gasteiger partial charge in [-0.25, -0.2) is 9.18 Å². The molecule has 0 radical (unpaired) electrons. The van der Waals surface area contributed by atoms with E-state index in [4.69, 9.17) is 0 Å². The Morgan fingerprint density at radius 3 is 2.57 bits per heavy atom. The standard InChI is InChI=1S/C20H29FN4O2.ClH/c1-14(15-6-9-22-10-7-15)12-19(26)25-11-8-18(13-25)24-20(27)23-17-4-2-16(21)3-5-17;/h2-5,14-15,18,22H,6-13H2,1H3,(H2,23,24,27);1H. The van der Waals surface area contributed by atoms with E-state index in [-0.39, 0.29) is 36.2 Å². The van der Waals surface area contributed by atoms with E-state index >= 15 is 0 Å². The van der Waals surface area contributed by atoms with Crippen LogP contribution in [0.4, 0.5) is 14.9 Å². The van der Waals surface area contributed by atoms with Crippen molar-refractivity contribution in [2.45, 2.75) is 38.6 Å². The van der Waals surface area contributed by atoms with Crippen LogP contribution in [0.15, 0.2) is 24.3 Å². The predicted molar refractivity (Wildman–Crippen MR) is 110 cm³/mol. The van der Waals surface area contributed by atoms with E-state index in [1.165, 1.54) is 24.3 Å². The van der Waals surface area contributed by atoms with Crippen LogP contribution in [-0.4, -0.2) is 49.1 Å². The molecule has 2 saturated heterocycles. The fourth-order valence-corrected chi connectivity index (χ4v) is 3.97. The predicted octanol–water partition coefficient (Wildman–Crippen LogP) is 3.00. The Balaban J connectivity index is 0.00000280. The van der Waals surface area contributed by atoms with Crippen molar-refractivity contribution in [1.82, 2.24) is 15.5 Å². The zero-order valence-corrected chi connectivity index (χ0v) is 17.1. The van der Waals surface area contributed by atoms with E-state index < -0.39 is 0 Å². The molecule has 2 aliphatic rings. The summed E-state index contributed by atoms with van der Waals surface area (Å²) < 4.78 is 12.9. The molecule has 3 N–H and O–H groups in total. The van der Waals surface area contributed by atoms with Crippen LogP contribution >= 0.6 is 12.4 Å². The molecule has 0 bridgehead atoms. The number of carbonyl (C=O) groups is 2. The molecule has 0 spiro atoms. The topological polar surface area (TPSA) is 73.5 Å². The first kappa shape index (κ1) is 22.4. The number of anilines is 1. The van der Waals surface area contributed by atoms with Crippen LogP contribution < -0.4 is 16.0 Å². The van der Waals surface area contributed by atoms with Gasteiger partial charge in [-0.05, 0) is 68.5 Å². The summed E-state index contributed by atoms with van der Waals surface area (Å²) in [5.41, 5.74) is 0.538. The minimum atomic E-state index is -0.343. The van der Waals surface area contributed by atoms with Gasteiger partial charge in [-0.15, -0.1) is 12.4 Å². The number of halogens is 2. The van der Waals surface area contributed by atoms with E-state index in [1.807, 2.05) is 4.90 Å². The molecule has 2 aliphatic heterocycles. The summed E-state index contributed by atoms with van der Waals surface area (Å²) in [5, 5.41) is 8.95. The van der Waals surface area contributed by atoms with Crippen molar-refractivity contribution in [3.05, 3.63) is 30.1 Å². The van der Waals surface area contributed by atoms with Crippen LogP contribution in [0.2, 0.25) is 0 Å². The molecule has 1 aromatic carbocycles. The molecular formula is C20H30ClFN4O2. The van der Waals surface area contributed by atoms with Gasteiger partial charge in [0.25, 0.3) is 0 Å². The Hall–Kier alpha value is -1.86. The van der Waals surface area contributed by atoms with E-state index in [0.29, 0.717) is 37.0 Å². The van der Waals surface area contributed by atoms with Gasteiger partial charge >= 0.3 is 6.03 Å². The number of hydrogen-bond donors (Lipinski definition) is 3. The fraction of sp³-hybridized carbons (Fsp3) is 0.600. The average Bonchev–Trinajstić information content (AvgIpc) is 3.13. The van der Waals surface area contributed by atoms with E-state index in [9.17, 15) is 14.0 Å². The lowest BCUT2D eigenvalue weighted by Crippen LogP contribution is -2.41. The number of amides is 3. The minimum Gasteiger partial charge on any atom is -0.341 e. The number of urea groups is 1. The Kier molecular flexibility index (Phi) is 8.51. The molecule has 2 heterocycles. The van der Waals surface area contributed by atoms with Gasteiger partial charge in [0, 0.05) is 31.2 Å². The molecular weight excluding hydrogens is 383 g/mol. The molecule has 6 nitrogen and oxygen atoms in total. The molecule has 8 heteroatoms. The van der Waals surface area contributed by atoms with Crippen LogP contribution in [0.1, 0.15) is 32.6 Å². The van der Waals surface area contributed by atoms with Crippen molar-refractivity contribution in [1.29, 1.82) is 0 Å². The van der Waals surface area contributed by atoms with Gasteiger partial charge in [-0.1, -0.05) is 6.92 Å². The van der Waals surface area contributed by atoms with Crippen molar-refractivity contribution >= 4 is 30.0 Å². The number of benzene rings is 1. The number of piperidine rings is 1. The molecule has 1 aromatic rings. The molecule has 2 unspecified atom stereocenters. The van der Waals surface area contributed by atoms with Crippen molar-refractivity contribution in [2.75, 3.05) is 31.5 Å². The Morgan fingerprint density at radius 1 is 1.21 bits per heavy atom. The summed E-state index contributed by atoms with van der Waals surface area (Å²) in [7, 11) is 0. The monoisotopic (exact) mass is 412 g/mol. The lowest BCUT2D eigenvalue weighted by molar-refractivity contribution is -0.131. The van der Waals surface area contributed by atoms with Crippen LogP contribution in [0.25, 0.3) is 0 Å². The second kappa shape index (κ2) is 10.6. The highest BCUT2D eigenvalue weighted by Crippen LogP contribution is 2.25. The van der Waals surface area contributed by atoms with Crippen molar-refractivity contribution in [3.63, 3.8) is 0 Å². The molecule has 3 rings (SSSR count). The third-order valence-corrected chi connectivity index (χ3v) is 5.66. The zero-order valence-electron chi connectivity index (χ0n) is 16.2. The van der Waals surface area contributed by atoms with Crippen LogP contribution in [0, 0.1) is 17.7 Å². The summed E-state index contributed by atoms with van der Waals surface area (Å²) in [6.45, 7) is 5.49. The van der Waals surface area contributed by atoms with E-state index in [1.54, 1.807) is 0 Å². The normalized spacial score (nSPS) is 20.9. The first-order valence-electron chi connectivity index (χ1n) is 9.83. The van der Waals surface area contributed by atoms with Crippen molar-refractivity contribution in [3.8, 4) is 0 Å². The molecule has 0 saturated carbocycles. The summed E-state index contributed by atoms with van der Waals surface area (Å²) >= 11 is 0. The Morgan fingerprint density at radius 2 is 1.89 bits per heavy atom. The number of hydrogen-bond acceptors (Lipinski definition) is 3. The third-order valence-electron chi connectivity index (χ3n) is 5.66. The molecule has 2 atom stereocenters. The van der Waals surface area contributed by atoms with Gasteiger partial charge in [0.15, 0.2) is 0 Å². The maximum atomic E-state index is 12.9. The number of likely N-dealkylation sites (tertiary alicyclic amines) is 1. The van der Waals surface area contributed by atoms with E-state index in [2.05, 4.69) is 22.9 Å². The summed E-state index contributed by atoms with van der Waals surface area (Å²) in [5.74, 6) is 0.857. The van der Waals surface area contributed by atoms with Crippen molar-refractivity contribution in [2.24, 2.45) is 11.8 Å². The summed E-state index contributed by atoms with van der Waals surface area (Å²) in [4.78, 5) is 26.5. The van der Waals surface area contributed by atoms with Gasteiger partial charge < -0.3 is 20.9 Å². The van der Waals surface area contributed by atoms with Crippen LogP contribution in [-0.2, 0) is 4.79 Å². The fourth-order valence-electron chi connectivity index (χ4n) is 3.97. The van der Waals surface area contributed by atoms with Crippen LogP contribution in [0.3, 0.4) is 0 Å². The maximum absolute atomic E-state index is 12.9. The third kappa shape index (κ3) is 6.34. The largest absolute Gasteiger partial charge is 0.341 e. The summed E-state index contributed by atoms with van der Waals surface area (Å²) in [6, 6.07) is 5.25. The molecule has 0 aliphatic carbocycles. The summed E-state index contributed by atoms with van der Waals surface area (Å²) in [6.07, 6.45) is 3.62. The lowest BCUT2D eigenvalue weighted by atomic mass is 9.84. The molecule has 28 heavy (non-hydrogen) atoms. The number of nitrogens with zero attached hydrogens (tertiary/aromatic N) is 1. The number of nitrogens with one attached hydrogen (secondary N) is 3. The second-order valence-electron chi connectivity index (χ2n) is 7.70. The molecule has 156 valence electrons. The van der Waals surface area contributed by atoms with Crippen LogP contribution in [0.5, 0.6) is 0 Å². The van der Waals surface area contributed by atoms with Gasteiger partial charge in [0.05, 0.1) is 0 Å². The highest BCUT2D eigenvalue weighted by molar-refractivity contribution is 5.89. The Bertz CT molecular complexity index is 652. The zero-order chi connectivity index (χ0) is 19.2. The van der Waals surface area contributed by atoms with Gasteiger partial charge in [-0.3, -0.25) is 4.79 Å². The van der Waals surface area contributed by atoms with Gasteiger partial charge in [-0.2, -0.15) is 0 Å². The smallest absolute Gasteiger partial charge is 0.319 e. The molecule has 3 amide bonds. The lowest BCUT2D eigenvalue weighted by Gasteiger charge is -2.29. The van der Waals surface area contributed by atoms with Gasteiger partial charge in [0.1, 0.15) is 5.82 Å². The first-order chi connectivity index (χ1) is 13.0. The average molecular weight is 413 g/mol. The Labute approximate surface area is 172 Å². The number of carbonyl (C=O) groups excluding carboxylic acids is 2. The van der Waals surface area contributed by atoms with E-state index in [0.717, 1.165) is 32.4 Å².